The second kappa shape index (κ2) is 9.65. The Balaban J connectivity index is 1.72. The lowest BCUT2D eigenvalue weighted by Gasteiger charge is -2.65. The molecule has 1 aromatic rings. The standard InChI is InChI=1S/C35H44O10/c1-16(2)11-12-19-24(36)21-25(37)22-28(41-9)33(42-10)15-20-32(7,8)45-34(30(33)40,14-13-17(3)29(38)39)35(20,22)44-27(21)23-26(19)43-18(4)31(23,5)6/h11,13,18,20,22,28,36H,12,14-15H2,1-10H3,(H,38,39)/b17-13-/t18-,20-,22+,28+,33+,34-,35-/m1/s1. The third-order valence-electron chi connectivity index (χ3n) is 11.5. The number of carbonyl (C=O) groups is 3. The van der Waals surface area contributed by atoms with Crippen LogP contribution >= 0.6 is 0 Å². The minimum atomic E-state index is -1.79. The number of carboxylic acids is 1. The first kappa shape index (κ1) is 31.8. The maximum absolute atomic E-state index is 15.2. The fraction of sp³-hybridized carbons (Fsp3) is 0.629. The third kappa shape index (κ3) is 3.64. The molecule has 4 bridgehead atoms. The van der Waals surface area contributed by atoms with Crippen molar-refractivity contribution < 1.29 is 48.3 Å². The number of hydrogen-bond donors (Lipinski definition) is 2. The lowest BCUT2D eigenvalue weighted by Crippen LogP contribution is -2.86. The Bertz CT molecular complexity index is 1600. The van der Waals surface area contributed by atoms with Gasteiger partial charge in [-0.3, -0.25) is 9.59 Å². The van der Waals surface area contributed by atoms with Gasteiger partial charge in [-0.25, -0.2) is 4.79 Å². The molecule has 0 radical (unpaired) electrons. The van der Waals surface area contributed by atoms with Gasteiger partial charge in [-0.1, -0.05) is 31.6 Å². The summed E-state index contributed by atoms with van der Waals surface area (Å²) in [5, 5.41) is 21.6. The molecule has 3 saturated carbocycles. The number of rotatable bonds is 7. The number of methoxy groups -OCH3 is 2. The van der Waals surface area contributed by atoms with Crippen LogP contribution in [0.4, 0.5) is 0 Å². The molecule has 10 nitrogen and oxygen atoms in total. The first-order valence-electron chi connectivity index (χ1n) is 15.6. The Hall–Kier alpha value is -3.21. The highest BCUT2D eigenvalue weighted by Crippen LogP contribution is 2.72. The largest absolute Gasteiger partial charge is 0.507 e. The molecule has 3 aliphatic heterocycles. The molecule has 0 amide bonds. The number of phenols is 1. The van der Waals surface area contributed by atoms with E-state index in [1.165, 1.54) is 27.2 Å². The predicted octanol–water partition coefficient (Wildman–Crippen LogP) is 4.86. The summed E-state index contributed by atoms with van der Waals surface area (Å²) in [6.45, 7) is 15.0. The van der Waals surface area contributed by atoms with Gasteiger partial charge < -0.3 is 33.9 Å². The molecule has 45 heavy (non-hydrogen) atoms. The van der Waals surface area contributed by atoms with Gasteiger partial charge in [0.15, 0.2) is 22.6 Å². The highest BCUT2D eigenvalue weighted by Gasteiger charge is 2.90. The number of Topliss-reactive ketones (excluding diaryl/α,β-unsaturated/α-hetero) is 2. The Kier molecular flexibility index (Phi) is 6.81. The molecule has 4 fully saturated rings. The molecule has 1 spiro atoms. The maximum Gasteiger partial charge on any atom is 0.330 e. The summed E-state index contributed by atoms with van der Waals surface area (Å²) in [7, 11) is 2.86. The van der Waals surface area contributed by atoms with Gasteiger partial charge in [0.1, 0.15) is 35.0 Å². The predicted molar refractivity (Wildman–Crippen MR) is 163 cm³/mol. The molecule has 3 heterocycles. The van der Waals surface area contributed by atoms with Crippen molar-refractivity contribution in [2.45, 2.75) is 115 Å². The van der Waals surface area contributed by atoms with Crippen LogP contribution in [-0.2, 0) is 35.6 Å². The van der Waals surface area contributed by atoms with Crippen molar-refractivity contribution in [3.63, 3.8) is 0 Å². The van der Waals surface area contributed by atoms with Crippen LogP contribution in [0, 0.1) is 11.8 Å². The van der Waals surface area contributed by atoms with Crippen LogP contribution in [0.25, 0.3) is 0 Å². The van der Waals surface area contributed by atoms with Gasteiger partial charge in [0.25, 0.3) is 0 Å². The number of ketones is 2. The molecule has 1 aromatic carbocycles. The van der Waals surface area contributed by atoms with E-state index in [9.17, 15) is 19.8 Å². The van der Waals surface area contributed by atoms with E-state index in [1.807, 2.05) is 54.5 Å². The summed E-state index contributed by atoms with van der Waals surface area (Å²) in [4.78, 5) is 42.0. The summed E-state index contributed by atoms with van der Waals surface area (Å²) in [6, 6.07) is 0. The number of aromatic hydroxyl groups is 1. The van der Waals surface area contributed by atoms with Gasteiger partial charge in [0, 0.05) is 48.7 Å². The van der Waals surface area contributed by atoms with Crippen LogP contribution in [0.2, 0.25) is 0 Å². The van der Waals surface area contributed by atoms with Crippen LogP contribution < -0.4 is 9.47 Å². The number of benzene rings is 1. The first-order chi connectivity index (χ1) is 20.9. The molecule has 0 unspecified atom stereocenters. The van der Waals surface area contributed by atoms with Crippen molar-refractivity contribution in [3.8, 4) is 17.2 Å². The fourth-order valence-corrected chi connectivity index (χ4v) is 8.95. The van der Waals surface area contributed by atoms with Crippen molar-refractivity contribution in [2.24, 2.45) is 11.8 Å². The van der Waals surface area contributed by atoms with E-state index < -0.39 is 63.3 Å². The van der Waals surface area contributed by atoms with Crippen LogP contribution in [0.15, 0.2) is 23.3 Å². The summed E-state index contributed by atoms with van der Waals surface area (Å²) in [5.74, 6) is -3.23. The van der Waals surface area contributed by atoms with Crippen molar-refractivity contribution in [1.29, 1.82) is 0 Å². The lowest BCUT2D eigenvalue weighted by molar-refractivity contribution is -0.267. The number of carbonyl (C=O) groups excluding carboxylic acids is 2. The molecule has 7 rings (SSSR count). The number of fused-ring (bicyclic) bond motifs is 3. The second-order valence-electron chi connectivity index (χ2n) is 14.7. The van der Waals surface area contributed by atoms with E-state index in [2.05, 4.69) is 0 Å². The van der Waals surface area contributed by atoms with Gasteiger partial charge in [-0.05, 0) is 54.4 Å². The van der Waals surface area contributed by atoms with Gasteiger partial charge >= 0.3 is 5.97 Å². The van der Waals surface area contributed by atoms with Gasteiger partial charge in [-0.2, -0.15) is 0 Å². The number of aliphatic carboxylic acids is 1. The minimum Gasteiger partial charge on any atom is -0.507 e. The maximum atomic E-state index is 15.2. The molecule has 1 saturated heterocycles. The highest BCUT2D eigenvalue weighted by molar-refractivity contribution is 6.11. The van der Waals surface area contributed by atoms with Crippen molar-refractivity contribution >= 4 is 17.5 Å². The van der Waals surface area contributed by atoms with E-state index >= 15 is 4.79 Å². The molecule has 0 aromatic heterocycles. The van der Waals surface area contributed by atoms with Gasteiger partial charge in [-0.15, -0.1) is 0 Å². The van der Waals surface area contributed by atoms with Crippen LogP contribution in [0.3, 0.4) is 0 Å². The summed E-state index contributed by atoms with van der Waals surface area (Å²) in [5.41, 5.74) is -4.33. The van der Waals surface area contributed by atoms with E-state index in [0.717, 1.165) is 5.57 Å². The zero-order valence-electron chi connectivity index (χ0n) is 27.7. The quantitative estimate of drug-likeness (QED) is 0.320. The first-order valence-corrected chi connectivity index (χ1v) is 15.6. The number of carboxylic acid groups (broad SMARTS) is 1. The minimum absolute atomic E-state index is 0.0273. The van der Waals surface area contributed by atoms with E-state index in [0.29, 0.717) is 23.3 Å². The second-order valence-corrected chi connectivity index (χ2v) is 14.7. The van der Waals surface area contributed by atoms with E-state index in [1.54, 1.807) is 0 Å². The van der Waals surface area contributed by atoms with E-state index in [-0.39, 0.29) is 41.6 Å². The summed E-state index contributed by atoms with van der Waals surface area (Å²) < 4.78 is 32.5. The third-order valence-corrected chi connectivity index (χ3v) is 11.5. The fourth-order valence-electron chi connectivity index (χ4n) is 8.95. The van der Waals surface area contributed by atoms with Crippen molar-refractivity contribution in [1.82, 2.24) is 0 Å². The van der Waals surface area contributed by atoms with E-state index in [4.69, 9.17) is 23.7 Å². The average molecular weight is 625 g/mol. The molecule has 244 valence electrons. The molecule has 3 aliphatic carbocycles. The zero-order valence-corrected chi connectivity index (χ0v) is 27.7. The number of allylic oxidation sites excluding steroid dienone is 2. The SMILES string of the molecule is CO[C@H]1[C@@H]2C(=O)c3c(O)c(CC=C(C)C)c4c(c3O[C@]23[C@@H]2C[C@@]1(OC)C(=O)[C@@]3(C/C=C(/C)C(=O)O)OC2(C)C)C(C)(C)[C@@H](C)O4. The highest BCUT2D eigenvalue weighted by atomic mass is 16.6. The topological polar surface area (TPSA) is 138 Å². The van der Waals surface area contributed by atoms with Gasteiger partial charge in [0.2, 0.25) is 5.78 Å². The summed E-state index contributed by atoms with van der Waals surface area (Å²) in [6.07, 6.45) is 2.40. The Morgan fingerprint density at radius 3 is 2.31 bits per heavy atom. The molecule has 7 atom stereocenters. The average Bonchev–Trinajstić information content (AvgIpc) is 3.28. The number of hydrogen-bond acceptors (Lipinski definition) is 9. The van der Waals surface area contributed by atoms with Crippen LogP contribution in [0.1, 0.15) is 89.7 Å². The molecule has 10 heteroatoms. The molecular formula is C35H44O10. The molecular weight excluding hydrogens is 580 g/mol. The Labute approximate surface area is 263 Å². The van der Waals surface area contributed by atoms with Crippen LogP contribution in [0.5, 0.6) is 17.2 Å². The Morgan fingerprint density at radius 2 is 1.73 bits per heavy atom. The number of phenolic OH excluding ortho intramolecular Hbond substituents is 1. The van der Waals surface area contributed by atoms with Gasteiger partial charge in [0.05, 0.1) is 11.5 Å². The van der Waals surface area contributed by atoms with Crippen molar-refractivity contribution in [2.75, 3.05) is 14.2 Å². The zero-order chi connectivity index (χ0) is 33.2. The smallest absolute Gasteiger partial charge is 0.330 e. The van der Waals surface area contributed by atoms with Crippen LogP contribution in [-0.4, -0.2) is 76.6 Å². The van der Waals surface area contributed by atoms with Crippen molar-refractivity contribution in [3.05, 3.63) is 40.0 Å². The normalized spacial score (nSPS) is 36.5. The molecule has 2 N–H and O–H groups in total. The lowest BCUT2D eigenvalue weighted by atomic mass is 9.44. The number of ether oxygens (including phenoxy) is 5. The monoisotopic (exact) mass is 624 g/mol. The Morgan fingerprint density at radius 1 is 1.07 bits per heavy atom. The summed E-state index contributed by atoms with van der Waals surface area (Å²) >= 11 is 0. The molecule has 6 aliphatic rings.